The highest BCUT2D eigenvalue weighted by Crippen LogP contribution is 2.20. The third-order valence-corrected chi connectivity index (χ3v) is 4.23. The van der Waals surface area contributed by atoms with Crippen molar-refractivity contribution in [3.05, 3.63) is 29.6 Å². The van der Waals surface area contributed by atoms with E-state index in [0.717, 1.165) is 44.6 Å². The molecule has 21 heavy (non-hydrogen) atoms. The first-order chi connectivity index (χ1) is 10.3. The summed E-state index contributed by atoms with van der Waals surface area (Å²) in [6.07, 6.45) is 3.65. The largest absolute Gasteiger partial charge is 0.320 e. The molecule has 110 valence electrons. The number of nitrogens with one attached hydrogen (secondary N) is 1. The minimum atomic E-state index is 0.0923. The van der Waals surface area contributed by atoms with Gasteiger partial charge in [-0.3, -0.25) is 0 Å². The average molecular weight is 285 g/mol. The first kappa shape index (κ1) is 13.8. The molecule has 1 aromatic rings. The van der Waals surface area contributed by atoms with E-state index in [4.69, 9.17) is 5.26 Å². The van der Waals surface area contributed by atoms with Crippen LogP contribution in [0.25, 0.3) is 0 Å². The number of rotatable bonds is 3. The second kappa shape index (κ2) is 6.10. The van der Waals surface area contributed by atoms with Crippen LogP contribution in [-0.2, 0) is 6.54 Å². The molecule has 2 aliphatic rings. The molecule has 0 unspecified atom stereocenters. The van der Waals surface area contributed by atoms with Gasteiger partial charge in [0.1, 0.15) is 11.8 Å². The molecule has 0 saturated carbocycles. The van der Waals surface area contributed by atoms with Gasteiger partial charge in [0, 0.05) is 30.9 Å². The summed E-state index contributed by atoms with van der Waals surface area (Å²) in [7, 11) is 0. The maximum atomic E-state index is 12.5. The molecule has 6 heteroatoms. The number of hydrogen-bond acceptors (Lipinski definition) is 4. The van der Waals surface area contributed by atoms with E-state index in [2.05, 4.69) is 16.4 Å². The summed E-state index contributed by atoms with van der Waals surface area (Å²) in [5.74, 6) is 0. The number of carbonyl (C=O) groups excluding carboxylic acids is 1. The molecule has 2 amide bonds. The number of aromatic nitrogens is 1. The second-order valence-electron chi connectivity index (χ2n) is 5.50. The van der Waals surface area contributed by atoms with Crippen molar-refractivity contribution in [2.24, 2.45) is 0 Å². The minimum Gasteiger partial charge on any atom is -0.320 e. The normalized spacial score (nSPS) is 19.9. The van der Waals surface area contributed by atoms with Crippen LogP contribution in [0.1, 0.15) is 24.1 Å². The Hall–Kier alpha value is -2.13. The Kier molecular flexibility index (Phi) is 4.02. The van der Waals surface area contributed by atoms with Crippen molar-refractivity contribution in [1.82, 2.24) is 20.1 Å². The number of pyridine rings is 1. The Bertz CT molecular complexity index is 561. The number of piperidine rings is 1. The van der Waals surface area contributed by atoms with E-state index < -0.39 is 0 Å². The molecule has 0 radical (unpaired) electrons. The summed E-state index contributed by atoms with van der Waals surface area (Å²) in [6.45, 7) is 3.94. The lowest BCUT2D eigenvalue weighted by atomic mass is 10.1. The number of amides is 2. The molecule has 0 spiro atoms. The standard InChI is InChI=1S/C15H19N5O/c16-10-14-12(2-1-5-18-14)11-19-8-9-20(15(19)21)13-3-6-17-7-4-13/h1-2,5,13,17H,3-4,6-9,11H2. The number of nitriles is 1. The van der Waals surface area contributed by atoms with Crippen LogP contribution >= 0.6 is 0 Å². The SMILES string of the molecule is N#Cc1ncccc1CN1CCN(C2CCNCC2)C1=O. The van der Waals surface area contributed by atoms with Crippen molar-refractivity contribution in [3.8, 4) is 6.07 Å². The summed E-state index contributed by atoms with van der Waals surface area (Å²) >= 11 is 0. The number of nitrogens with zero attached hydrogens (tertiary/aromatic N) is 4. The van der Waals surface area contributed by atoms with E-state index in [9.17, 15) is 4.79 Å². The third kappa shape index (κ3) is 2.83. The fourth-order valence-corrected chi connectivity index (χ4v) is 3.08. The van der Waals surface area contributed by atoms with E-state index in [1.165, 1.54) is 0 Å². The summed E-state index contributed by atoms with van der Waals surface area (Å²) in [5.41, 5.74) is 1.23. The number of hydrogen-bond donors (Lipinski definition) is 1. The molecule has 0 aliphatic carbocycles. The quantitative estimate of drug-likeness (QED) is 0.897. The molecule has 3 rings (SSSR count). The maximum absolute atomic E-state index is 12.5. The van der Waals surface area contributed by atoms with Gasteiger partial charge in [0.25, 0.3) is 0 Å². The van der Waals surface area contributed by atoms with Crippen molar-refractivity contribution >= 4 is 6.03 Å². The molecule has 2 saturated heterocycles. The second-order valence-corrected chi connectivity index (χ2v) is 5.50. The van der Waals surface area contributed by atoms with E-state index in [1.54, 1.807) is 12.3 Å². The summed E-state index contributed by atoms with van der Waals surface area (Å²) in [5, 5.41) is 12.4. The van der Waals surface area contributed by atoms with Gasteiger partial charge in [-0.25, -0.2) is 9.78 Å². The molecule has 0 atom stereocenters. The number of urea groups is 1. The van der Waals surface area contributed by atoms with Crippen molar-refractivity contribution in [3.63, 3.8) is 0 Å². The molecule has 2 aliphatic heterocycles. The van der Waals surface area contributed by atoms with Crippen LogP contribution in [0.5, 0.6) is 0 Å². The van der Waals surface area contributed by atoms with Gasteiger partial charge in [0.05, 0.1) is 6.54 Å². The van der Waals surface area contributed by atoms with Gasteiger partial charge in [-0.1, -0.05) is 6.07 Å². The number of carbonyl (C=O) groups is 1. The first-order valence-electron chi connectivity index (χ1n) is 7.40. The summed E-state index contributed by atoms with van der Waals surface area (Å²) < 4.78 is 0. The lowest BCUT2D eigenvalue weighted by Gasteiger charge is -2.31. The van der Waals surface area contributed by atoms with Crippen molar-refractivity contribution in [1.29, 1.82) is 5.26 Å². The smallest absolute Gasteiger partial charge is 0.320 e. The predicted octanol–water partition coefficient (Wildman–Crippen LogP) is 0.943. The zero-order valence-electron chi connectivity index (χ0n) is 12.0. The average Bonchev–Trinajstić information content (AvgIpc) is 2.90. The van der Waals surface area contributed by atoms with E-state index in [0.29, 0.717) is 18.3 Å². The molecular formula is C15H19N5O. The van der Waals surface area contributed by atoms with E-state index >= 15 is 0 Å². The Morgan fingerprint density at radius 1 is 1.38 bits per heavy atom. The molecule has 2 fully saturated rings. The molecular weight excluding hydrogens is 266 g/mol. The van der Waals surface area contributed by atoms with Crippen molar-refractivity contribution in [2.45, 2.75) is 25.4 Å². The lowest BCUT2D eigenvalue weighted by Crippen LogP contribution is -2.45. The Balaban J connectivity index is 1.68. The molecule has 1 N–H and O–H groups in total. The minimum absolute atomic E-state index is 0.0923. The topological polar surface area (TPSA) is 72.3 Å². The molecule has 0 aromatic carbocycles. The zero-order valence-corrected chi connectivity index (χ0v) is 12.0. The highest BCUT2D eigenvalue weighted by atomic mass is 16.2. The zero-order chi connectivity index (χ0) is 14.7. The van der Waals surface area contributed by atoms with Gasteiger partial charge in [-0.05, 0) is 32.0 Å². The Morgan fingerprint density at radius 2 is 2.19 bits per heavy atom. The van der Waals surface area contributed by atoms with Crippen molar-refractivity contribution in [2.75, 3.05) is 26.2 Å². The lowest BCUT2D eigenvalue weighted by molar-refractivity contribution is 0.164. The highest BCUT2D eigenvalue weighted by molar-refractivity contribution is 5.77. The maximum Gasteiger partial charge on any atom is 0.320 e. The molecule has 3 heterocycles. The molecule has 6 nitrogen and oxygen atoms in total. The van der Waals surface area contributed by atoms with Crippen LogP contribution in [0, 0.1) is 11.3 Å². The molecule has 1 aromatic heterocycles. The van der Waals surface area contributed by atoms with Crippen LogP contribution < -0.4 is 5.32 Å². The van der Waals surface area contributed by atoms with Crippen molar-refractivity contribution < 1.29 is 4.79 Å². The summed E-state index contributed by atoms with van der Waals surface area (Å²) in [4.78, 5) is 20.4. The van der Waals surface area contributed by atoms with Gasteiger partial charge >= 0.3 is 6.03 Å². The monoisotopic (exact) mass is 285 g/mol. The van der Waals surface area contributed by atoms with Gasteiger partial charge in [0.15, 0.2) is 0 Å². The Labute approximate surface area is 124 Å². The van der Waals surface area contributed by atoms with Gasteiger partial charge in [-0.15, -0.1) is 0 Å². The van der Waals surface area contributed by atoms with Gasteiger partial charge in [-0.2, -0.15) is 5.26 Å². The fraction of sp³-hybridized carbons (Fsp3) is 0.533. The van der Waals surface area contributed by atoms with Gasteiger partial charge < -0.3 is 15.1 Å². The van der Waals surface area contributed by atoms with Crippen LogP contribution in [0.4, 0.5) is 4.79 Å². The van der Waals surface area contributed by atoms with Gasteiger partial charge in [0.2, 0.25) is 0 Å². The Morgan fingerprint density at radius 3 is 2.95 bits per heavy atom. The van der Waals surface area contributed by atoms with Crippen LogP contribution in [0.15, 0.2) is 18.3 Å². The van der Waals surface area contributed by atoms with E-state index in [-0.39, 0.29) is 6.03 Å². The van der Waals surface area contributed by atoms with Crippen LogP contribution in [-0.4, -0.2) is 53.0 Å². The first-order valence-corrected chi connectivity index (χ1v) is 7.40. The predicted molar refractivity (Wildman–Crippen MR) is 77.4 cm³/mol. The summed E-state index contributed by atoms with van der Waals surface area (Å²) in [6, 6.07) is 6.21. The van der Waals surface area contributed by atoms with Crippen LogP contribution in [0.3, 0.4) is 0 Å². The molecule has 0 bridgehead atoms. The third-order valence-electron chi connectivity index (χ3n) is 4.23. The van der Waals surface area contributed by atoms with E-state index in [1.807, 2.05) is 15.9 Å². The van der Waals surface area contributed by atoms with Crippen LogP contribution in [0.2, 0.25) is 0 Å². The fourth-order valence-electron chi connectivity index (χ4n) is 3.08. The highest BCUT2D eigenvalue weighted by Gasteiger charge is 2.34.